The third-order valence-corrected chi connectivity index (χ3v) is 3.26. The highest BCUT2D eigenvalue weighted by Crippen LogP contribution is 2.23. The number of halogens is 1. The zero-order chi connectivity index (χ0) is 13.8. The van der Waals surface area contributed by atoms with Crippen LogP contribution in [0.3, 0.4) is 0 Å². The third kappa shape index (κ3) is 3.08. The minimum atomic E-state index is -0.576. The number of hydrogen-bond acceptors (Lipinski definition) is 5. The molecule has 2 aromatic rings. The average Bonchev–Trinajstić information content (AvgIpc) is 2.94. The Hall–Kier alpha value is -1.95. The fourth-order valence-corrected chi connectivity index (χ4v) is 2.31. The van der Waals surface area contributed by atoms with Gasteiger partial charge in [0, 0.05) is 11.1 Å². The maximum atomic E-state index is 13.2. The van der Waals surface area contributed by atoms with Crippen molar-refractivity contribution in [1.82, 2.24) is 4.98 Å². The summed E-state index contributed by atoms with van der Waals surface area (Å²) in [6.07, 6.45) is 0. The summed E-state index contributed by atoms with van der Waals surface area (Å²) in [5, 5.41) is 5.05. The number of benzene rings is 1. The van der Waals surface area contributed by atoms with Gasteiger partial charge in [0.2, 0.25) is 0 Å². The van der Waals surface area contributed by atoms with E-state index in [9.17, 15) is 9.18 Å². The molecule has 0 bridgehead atoms. The maximum Gasteiger partial charge on any atom is 0.340 e. The first-order chi connectivity index (χ1) is 9.11. The Balaban J connectivity index is 2.27. The Bertz CT molecular complexity index is 572. The molecule has 1 atom stereocenters. The topological polar surface area (TPSA) is 51.2 Å². The summed E-state index contributed by atoms with van der Waals surface area (Å²) in [4.78, 5) is 15.8. The summed E-state index contributed by atoms with van der Waals surface area (Å²) < 4.78 is 17.9. The molecule has 0 aliphatic carbocycles. The fraction of sp³-hybridized carbons (Fsp3) is 0.231. The van der Waals surface area contributed by atoms with Crippen molar-refractivity contribution in [2.75, 3.05) is 12.4 Å². The van der Waals surface area contributed by atoms with Gasteiger partial charge < -0.3 is 10.1 Å². The number of hydrogen-bond donors (Lipinski definition) is 1. The number of nitrogens with zero attached hydrogens (tertiary/aromatic N) is 1. The molecule has 4 nitrogen and oxygen atoms in total. The van der Waals surface area contributed by atoms with Gasteiger partial charge in [0.1, 0.15) is 5.82 Å². The van der Waals surface area contributed by atoms with E-state index in [1.165, 1.54) is 30.6 Å². The number of thiazole rings is 1. The van der Waals surface area contributed by atoms with Crippen molar-refractivity contribution in [3.8, 4) is 0 Å². The van der Waals surface area contributed by atoms with Crippen LogP contribution in [0.1, 0.15) is 29.0 Å². The fourth-order valence-electron chi connectivity index (χ4n) is 1.66. The van der Waals surface area contributed by atoms with Crippen molar-refractivity contribution in [1.29, 1.82) is 0 Å². The summed E-state index contributed by atoms with van der Waals surface area (Å²) in [6.45, 7) is 1.92. The van der Waals surface area contributed by atoms with Crippen molar-refractivity contribution in [2.45, 2.75) is 13.0 Å². The average molecular weight is 280 g/mol. The number of anilines is 1. The molecule has 0 radical (unpaired) electrons. The van der Waals surface area contributed by atoms with Gasteiger partial charge in [-0.25, -0.2) is 14.2 Å². The number of carbonyl (C=O) groups excluding carboxylic acids is 1. The molecule has 1 aromatic heterocycles. The first-order valence-electron chi connectivity index (χ1n) is 5.64. The van der Waals surface area contributed by atoms with Gasteiger partial charge in [0.25, 0.3) is 0 Å². The molecular formula is C13H13FN2O2S. The molecule has 2 rings (SSSR count). The van der Waals surface area contributed by atoms with E-state index in [1.54, 1.807) is 5.51 Å². The van der Waals surface area contributed by atoms with Gasteiger partial charge in [-0.15, -0.1) is 11.3 Å². The molecule has 0 amide bonds. The second kappa shape index (κ2) is 5.79. The number of ether oxygens (including phenoxy) is 1. The van der Waals surface area contributed by atoms with E-state index >= 15 is 0 Å². The van der Waals surface area contributed by atoms with Gasteiger partial charge in [-0.1, -0.05) is 0 Å². The van der Waals surface area contributed by atoms with E-state index in [0.29, 0.717) is 5.69 Å². The molecule has 100 valence electrons. The number of esters is 1. The quantitative estimate of drug-likeness (QED) is 0.873. The van der Waals surface area contributed by atoms with Crippen LogP contribution in [0.15, 0.2) is 29.1 Å². The van der Waals surface area contributed by atoms with Crippen molar-refractivity contribution < 1.29 is 13.9 Å². The van der Waals surface area contributed by atoms with E-state index < -0.39 is 11.8 Å². The molecule has 0 fully saturated rings. The van der Waals surface area contributed by atoms with E-state index in [0.717, 1.165) is 11.8 Å². The van der Waals surface area contributed by atoms with E-state index in [2.05, 4.69) is 15.0 Å². The lowest BCUT2D eigenvalue weighted by atomic mass is 10.1. The molecule has 19 heavy (non-hydrogen) atoms. The highest BCUT2D eigenvalue weighted by molar-refractivity contribution is 7.07. The monoisotopic (exact) mass is 280 g/mol. The second-order valence-electron chi connectivity index (χ2n) is 3.96. The summed E-state index contributed by atoms with van der Waals surface area (Å²) in [5.74, 6) is -1.06. The van der Waals surface area contributed by atoms with Crippen LogP contribution >= 0.6 is 11.3 Å². The first kappa shape index (κ1) is 13.5. The van der Waals surface area contributed by atoms with Gasteiger partial charge in [0.05, 0.1) is 29.9 Å². The van der Waals surface area contributed by atoms with Gasteiger partial charge in [-0.3, -0.25) is 0 Å². The zero-order valence-electron chi connectivity index (χ0n) is 10.5. The summed E-state index contributed by atoms with van der Waals surface area (Å²) in [5.41, 5.74) is 3.29. The Kier molecular flexibility index (Phi) is 4.11. The molecule has 0 aliphatic rings. The van der Waals surface area contributed by atoms with Crippen LogP contribution < -0.4 is 5.32 Å². The van der Waals surface area contributed by atoms with Crippen LogP contribution in [0.4, 0.5) is 10.1 Å². The van der Waals surface area contributed by atoms with Crippen molar-refractivity contribution >= 4 is 23.0 Å². The predicted octanol–water partition coefficient (Wildman–Crippen LogP) is 3.24. The van der Waals surface area contributed by atoms with Gasteiger partial charge in [0.15, 0.2) is 0 Å². The number of carbonyl (C=O) groups is 1. The molecule has 6 heteroatoms. The lowest BCUT2D eigenvalue weighted by Crippen LogP contribution is -2.12. The predicted molar refractivity (Wildman–Crippen MR) is 71.9 cm³/mol. The Morgan fingerprint density at radius 3 is 2.95 bits per heavy atom. The highest BCUT2D eigenvalue weighted by Gasteiger charge is 2.16. The third-order valence-electron chi connectivity index (χ3n) is 2.65. The first-order valence-corrected chi connectivity index (χ1v) is 6.58. The molecular weight excluding hydrogens is 267 g/mol. The van der Waals surface area contributed by atoms with Crippen LogP contribution in [0, 0.1) is 5.82 Å². The molecule has 1 N–H and O–H groups in total. The van der Waals surface area contributed by atoms with Crippen LogP contribution in [0.5, 0.6) is 0 Å². The number of nitrogens with one attached hydrogen (secondary N) is 1. The van der Waals surface area contributed by atoms with Crippen molar-refractivity contribution in [2.24, 2.45) is 0 Å². The van der Waals surface area contributed by atoms with Gasteiger partial charge in [-0.2, -0.15) is 0 Å². The van der Waals surface area contributed by atoms with Crippen molar-refractivity contribution in [3.63, 3.8) is 0 Å². The van der Waals surface area contributed by atoms with Crippen LogP contribution in [-0.2, 0) is 4.74 Å². The molecule has 0 saturated carbocycles. The minimum Gasteiger partial charge on any atom is -0.465 e. The molecule has 1 unspecified atom stereocenters. The number of rotatable bonds is 4. The number of aromatic nitrogens is 1. The zero-order valence-corrected chi connectivity index (χ0v) is 11.3. The summed E-state index contributed by atoms with van der Waals surface area (Å²) >= 11 is 1.49. The SMILES string of the molecule is COC(=O)c1cc(F)ccc1NC(C)c1cscn1. The van der Waals surface area contributed by atoms with Crippen LogP contribution in [0.25, 0.3) is 0 Å². The van der Waals surface area contributed by atoms with Crippen molar-refractivity contribution in [3.05, 3.63) is 46.2 Å². The Labute approximate surface area is 114 Å². The van der Waals surface area contributed by atoms with Crippen LogP contribution in [0.2, 0.25) is 0 Å². The number of methoxy groups -OCH3 is 1. The molecule has 0 spiro atoms. The normalized spacial score (nSPS) is 11.9. The molecule has 1 heterocycles. The Morgan fingerprint density at radius 2 is 2.32 bits per heavy atom. The summed E-state index contributed by atoms with van der Waals surface area (Å²) in [7, 11) is 1.26. The van der Waals surface area contributed by atoms with Gasteiger partial charge >= 0.3 is 5.97 Å². The molecule has 0 aliphatic heterocycles. The van der Waals surface area contributed by atoms with E-state index in [1.807, 2.05) is 12.3 Å². The Morgan fingerprint density at radius 1 is 1.53 bits per heavy atom. The maximum absolute atomic E-state index is 13.2. The molecule has 1 aromatic carbocycles. The van der Waals surface area contributed by atoms with Gasteiger partial charge in [-0.05, 0) is 25.1 Å². The standard InChI is InChI=1S/C13H13FN2O2S/c1-8(12-6-19-7-15-12)16-11-4-3-9(14)5-10(11)13(17)18-2/h3-8,16H,1-2H3. The lowest BCUT2D eigenvalue weighted by Gasteiger charge is -2.15. The highest BCUT2D eigenvalue weighted by atomic mass is 32.1. The second-order valence-corrected chi connectivity index (χ2v) is 4.68. The van der Waals surface area contributed by atoms with E-state index in [4.69, 9.17) is 0 Å². The molecule has 0 saturated heterocycles. The van der Waals surface area contributed by atoms with Crippen LogP contribution in [-0.4, -0.2) is 18.1 Å². The lowest BCUT2D eigenvalue weighted by molar-refractivity contribution is 0.0601. The minimum absolute atomic E-state index is 0.0832. The largest absolute Gasteiger partial charge is 0.465 e. The van der Waals surface area contributed by atoms with E-state index in [-0.39, 0.29) is 11.6 Å². The summed E-state index contributed by atoms with van der Waals surface area (Å²) in [6, 6.07) is 3.88. The smallest absolute Gasteiger partial charge is 0.340 e.